The van der Waals surface area contributed by atoms with Gasteiger partial charge in [-0.2, -0.15) is 0 Å². The van der Waals surface area contributed by atoms with Gasteiger partial charge in [-0.1, -0.05) is 0 Å². The number of rotatable bonds is 3. The average molecular weight is 216 g/mol. The molecule has 3 saturated carbocycles. The molecule has 84 valence electrons. The Morgan fingerprint density at radius 3 is 2.53 bits per heavy atom. The number of fused-ring (bicyclic) bond motifs is 1. The van der Waals surface area contributed by atoms with E-state index in [0.29, 0.717) is 0 Å². The van der Waals surface area contributed by atoms with Gasteiger partial charge in [-0.15, -0.1) is 0 Å². The number of carbonyl (C=O) groups excluding carboxylic acids is 1. The second kappa shape index (κ2) is 2.93. The predicted octanol–water partition coefficient (Wildman–Crippen LogP) is 1.14. The van der Waals surface area contributed by atoms with Crippen LogP contribution in [0.1, 0.15) is 26.2 Å². The number of halogens is 1. The van der Waals surface area contributed by atoms with Crippen LogP contribution >= 0.6 is 0 Å². The molecule has 3 fully saturated rings. The molecule has 0 heterocycles. The topological polar surface area (TPSA) is 63.6 Å². The van der Waals surface area contributed by atoms with Crippen molar-refractivity contribution in [3.8, 4) is 0 Å². The number of alkyl halides is 1. The van der Waals surface area contributed by atoms with Gasteiger partial charge in [0.15, 0.2) is 0 Å². The average Bonchev–Trinajstić information content (AvgIpc) is 2.53. The molecule has 3 aliphatic rings. The third-order valence-electron chi connectivity index (χ3n) is 3.61. The summed E-state index contributed by atoms with van der Waals surface area (Å²) in [6, 6.07) is 0. The lowest BCUT2D eigenvalue weighted by molar-refractivity contribution is -0.179. The van der Waals surface area contributed by atoms with Crippen LogP contribution < -0.4 is 0 Å². The van der Waals surface area contributed by atoms with Crippen molar-refractivity contribution in [3.63, 3.8) is 0 Å². The van der Waals surface area contributed by atoms with Gasteiger partial charge < -0.3 is 9.84 Å². The number of carbonyl (C=O) groups is 2. The maximum atomic E-state index is 14.4. The first-order valence-corrected chi connectivity index (χ1v) is 5.06. The Labute approximate surface area is 86.4 Å². The highest BCUT2D eigenvalue weighted by Gasteiger charge is 2.75. The number of aliphatic carboxylic acids is 1. The Bertz CT molecular complexity index is 321. The molecule has 1 atom stereocenters. The Balaban J connectivity index is 2.28. The SMILES string of the molecule is CCOC(=O)C1(F)CC2CC1(C(=O)O)C2. The lowest BCUT2D eigenvalue weighted by Gasteiger charge is -2.38. The minimum Gasteiger partial charge on any atom is -0.481 e. The van der Waals surface area contributed by atoms with E-state index in [1.54, 1.807) is 6.92 Å². The Morgan fingerprint density at radius 2 is 2.07 bits per heavy atom. The van der Waals surface area contributed by atoms with E-state index in [-0.39, 0.29) is 31.8 Å². The fourth-order valence-corrected chi connectivity index (χ4v) is 2.86. The summed E-state index contributed by atoms with van der Waals surface area (Å²) in [6.07, 6.45) is 0.521. The van der Waals surface area contributed by atoms with Crippen LogP contribution in [-0.4, -0.2) is 29.3 Å². The minimum absolute atomic E-state index is 0.00185. The molecule has 0 aromatic rings. The van der Waals surface area contributed by atoms with Crippen LogP contribution in [0.2, 0.25) is 0 Å². The second-order valence-corrected chi connectivity index (χ2v) is 4.39. The molecule has 3 aliphatic carbocycles. The lowest BCUT2D eigenvalue weighted by Crippen LogP contribution is -2.53. The van der Waals surface area contributed by atoms with Gasteiger partial charge in [0.25, 0.3) is 0 Å². The van der Waals surface area contributed by atoms with Crippen LogP contribution in [0.3, 0.4) is 0 Å². The van der Waals surface area contributed by atoms with Crippen molar-refractivity contribution in [2.24, 2.45) is 11.3 Å². The van der Waals surface area contributed by atoms with E-state index in [4.69, 9.17) is 5.11 Å². The van der Waals surface area contributed by atoms with E-state index < -0.39 is 23.0 Å². The number of carboxylic acids is 1. The number of esters is 1. The van der Waals surface area contributed by atoms with Crippen LogP contribution in [0.5, 0.6) is 0 Å². The highest BCUT2D eigenvalue weighted by molar-refractivity contribution is 5.92. The summed E-state index contributed by atoms with van der Waals surface area (Å²) in [5.41, 5.74) is -3.82. The fourth-order valence-electron chi connectivity index (χ4n) is 2.86. The van der Waals surface area contributed by atoms with Crippen molar-refractivity contribution in [1.82, 2.24) is 0 Å². The molecular weight excluding hydrogens is 203 g/mol. The van der Waals surface area contributed by atoms with E-state index in [9.17, 15) is 14.0 Å². The molecule has 15 heavy (non-hydrogen) atoms. The van der Waals surface area contributed by atoms with Crippen molar-refractivity contribution < 1.29 is 23.8 Å². The van der Waals surface area contributed by atoms with Gasteiger partial charge in [0.1, 0.15) is 5.41 Å². The molecule has 1 unspecified atom stereocenters. The van der Waals surface area contributed by atoms with Crippen molar-refractivity contribution in [2.75, 3.05) is 6.61 Å². The molecular formula is C10H13FO4. The van der Waals surface area contributed by atoms with Gasteiger partial charge in [-0.05, 0) is 32.1 Å². The molecule has 2 bridgehead atoms. The number of hydrogen-bond acceptors (Lipinski definition) is 3. The van der Waals surface area contributed by atoms with E-state index in [1.165, 1.54) is 0 Å². The first-order valence-electron chi connectivity index (χ1n) is 5.06. The number of hydrogen-bond donors (Lipinski definition) is 1. The molecule has 0 spiro atoms. The zero-order valence-electron chi connectivity index (χ0n) is 8.46. The summed E-state index contributed by atoms with van der Waals surface area (Å²) in [6.45, 7) is 1.65. The third-order valence-corrected chi connectivity index (χ3v) is 3.61. The van der Waals surface area contributed by atoms with Gasteiger partial charge in [-0.25, -0.2) is 9.18 Å². The van der Waals surface area contributed by atoms with E-state index >= 15 is 0 Å². The van der Waals surface area contributed by atoms with Crippen molar-refractivity contribution in [1.29, 1.82) is 0 Å². The zero-order chi connectivity index (χ0) is 11.3. The van der Waals surface area contributed by atoms with E-state index in [1.807, 2.05) is 0 Å². The van der Waals surface area contributed by atoms with Gasteiger partial charge in [0.05, 0.1) is 6.61 Å². The highest BCUT2D eigenvalue weighted by Crippen LogP contribution is 2.66. The van der Waals surface area contributed by atoms with Crippen LogP contribution in [0.15, 0.2) is 0 Å². The van der Waals surface area contributed by atoms with Crippen LogP contribution in [0.4, 0.5) is 4.39 Å². The molecule has 0 saturated heterocycles. The van der Waals surface area contributed by atoms with Crippen LogP contribution in [0, 0.1) is 11.3 Å². The standard InChI is InChI=1S/C10H13FO4/c1-2-15-8(14)10(11)5-6-3-9(10,4-6)7(12)13/h6H,2-5H2,1H3,(H,12,13). The maximum absolute atomic E-state index is 14.4. The lowest BCUT2D eigenvalue weighted by atomic mass is 9.65. The smallest absolute Gasteiger partial charge is 0.345 e. The molecule has 0 aromatic carbocycles. The second-order valence-electron chi connectivity index (χ2n) is 4.39. The molecule has 5 heteroatoms. The van der Waals surface area contributed by atoms with Crippen LogP contribution in [-0.2, 0) is 14.3 Å². The molecule has 0 amide bonds. The highest BCUT2D eigenvalue weighted by atomic mass is 19.1. The largest absolute Gasteiger partial charge is 0.481 e. The summed E-state index contributed by atoms with van der Waals surface area (Å²) in [4.78, 5) is 22.5. The first-order chi connectivity index (χ1) is 6.96. The molecule has 3 rings (SSSR count). The van der Waals surface area contributed by atoms with Gasteiger partial charge in [0, 0.05) is 0 Å². The molecule has 0 radical (unpaired) electrons. The van der Waals surface area contributed by atoms with Gasteiger partial charge >= 0.3 is 11.9 Å². The molecule has 1 N–H and O–H groups in total. The summed E-state index contributed by atoms with van der Waals surface area (Å²) in [5.74, 6) is -2.20. The zero-order valence-corrected chi connectivity index (χ0v) is 8.46. The Hall–Kier alpha value is -1.13. The van der Waals surface area contributed by atoms with Crippen molar-refractivity contribution in [2.45, 2.75) is 31.9 Å². The maximum Gasteiger partial charge on any atom is 0.345 e. The summed E-state index contributed by atoms with van der Waals surface area (Å²) in [5, 5.41) is 9.02. The summed E-state index contributed by atoms with van der Waals surface area (Å²) >= 11 is 0. The normalized spacial score (nSPS) is 42.1. The van der Waals surface area contributed by atoms with E-state index in [0.717, 1.165) is 0 Å². The molecule has 4 nitrogen and oxygen atoms in total. The van der Waals surface area contributed by atoms with Gasteiger partial charge in [-0.3, -0.25) is 4.79 Å². The van der Waals surface area contributed by atoms with E-state index in [2.05, 4.69) is 4.74 Å². The van der Waals surface area contributed by atoms with Crippen LogP contribution in [0.25, 0.3) is 0 Å². The minimum atomic E-state index is -2.31. The van der Waals surface area contributed by atoms with Crippen molar-refractivity contribution in [3.05, 3.63) is 0 Å². The molecule has 0 aliphatic heterocycles. The summed E-state index contributed by atoms with van der Waals surface area (Å²) in [7, 11) is 0. The number of ether oxygens (including phenoxy) is 1. The fraction of sp³-hybridized carbons (Fsp3) is 0.800. The first kappa shape index (κ1) is 10.4. The molecule has 0 aromatic heterocycles. The predicted molar refractivity (Wildman–Crippen MR) is 47.9 cm³/mol. The van der Waals surface area contributed by atoms with Crippen molar-refractivity contribution >= 4 is 11.9 Å². The Kier molecular flexibility index (Phi) is 2.03. The summed E-state index contributed by atoms with van der Waals surface area (Å²) < 4.78 is 19.0. The monoisotopic (exact) mass is 216 g/mol. The third kappa shape index (κ3) is 1.06. The quantitative estimate of drug-likeness (QED) is 0.718. The number of carboxylic acid groups (broad SMARTS) is 1. The Morgan fingerprint density at radius 1 is 1.47 bits per heavy atom. The van der Waals surface area contributed by atoms with Gasteiger partial charge in [0.2, 0.25) is 5.67 Å².